The van der Waals surface area contributed by atoms with Crippen LogP contribution in [0.15, 0.2) is 18.2 Å². The second-order valence-electron chi connectivity index (χ2n) is 7.49. The van der Waals surface area contributed by atoms with E-state index < -0.39 is 5.60 Å². The number of carbonyl (C=O) groups is 1. The van der Waals surface area contributed by atoms with Crippen molar-refractivity contribution >= 4 is 16.8 Å². The summed E-state index contributed by atoms with van der Waals surface area (Å²) in [6, 6.07) is 6.24. The number of carbonyl (C=O) groups excluding carboxylic acids is 1. The van der Waals surface area contributed by atoms with Crippen LogP contribution in [0.25, 0.3) is 10.9 Å². The molecular formula is C20H27N3O3. The lowest BCUT2D eigenvalue weighted by molar-refractivity contribution is -0.125. The molecule has 6 nitrogen and oxygen atoms in total. The first-order chi connectivity index (χ1) is 12.5. The lowest BCUT2D eigenvalue weighted by Gasteiger charge is -2.41. The van der Waals surface area contributed by atoms with Gasteiger partial charge >= 0.3 is 0 Å². The van der Waals surface area contributed by atoms with Gasteiger partial charge in [-0.15, -0.1) is 0 Å². The molecule has 26 heavy (non-hydrogen) atoms. The summed E-state index contributed by atoms with van der Waals surface area (Å²) in [6.45, 7) is 8.58. The Hall–Kier alpha value is -1.89. The maximum absolute atomic E-state index is 13.4. The van der Waals surface area contributed by atoms with Gasteiger partial charge in [0, 0.05) is 32.1 Å². The third-order valence-corrected chi connectivity index (χ3v) is 5.64. The van der Waals surface area contributed by atoms with E-state index in [1.54, 1.807) is 0 Å². The van der Waals surface area contributed by atoms with Gasteiger partial charge in [0.15, 0.2) is 0 Å². The molecule has 2 aliphatic rings. The van der Waals surface area contributed by atoms with E-state index in [1.807, 2.05) is 23.4 Å². The van der Waals surface area contributed by atoms with Crippen LogP contribution in [-0.2, 0) is 16.5 Å². The number of aryl methyl sites for hydroxylation is 3. The monoisotopic (exact) mass is 357 g/mol. The SMILES string of the molecule is Cc1c(C(=O)N2CCOC3(CNCCOC3)C2)n(C)c2c(C)cccc12. The zero-order chi connectivity index (χ0) is 18.3. The van der Waals surface area contributed by atoms with E-state index in [1.165, 1.54) is 5.56 Å². The van der Waals surface area contributed by atoms with Crippen molar-refractivity contribution < 1.29 is 14.3 Å². The normalized spacial score (nSPS) is 24.2. The molecule has 3 heterocycles. The Morgan fingerprint density at radius 1 is 1.27 bits per heavy atom. The first-order valence-corrected chi connectivity index (χ1v) is 9.29. The molecule has 0 radical (unpaired) electrons. The van der Waals surface area contributed by atoms with Crippen molar-refractivity contribution in [1.29, 1.82) is 0 Å². The molecule has 2 aliphatic heterocycles. The number of aromatic nitrogens is 1. The molecule has 6 heteroatoms. The van der Waals surface area contributed by atoms with Gasteiger partial charge in [-0.05, 0) is 25.0 Å². The minimum Gasteiger partial charge on any atom is -0.377 e. The number of morpholine rings is 1. The molecule has 0 saturated carbocycles. The van der Waals surface area contributed by atoms with Gasteiger partial charge in [-0.3, -0.25) is 4.79 Å². The number of fused-ring (bicyclic) bond motifs is 1. The van der Waals surface area contributed by atoms with Gasteiger partial charge in [0.2, 0.25) is 0 Å². The van der Waals surface area contributed by atoms with E-state index >= 15 is 0 Å². The molecule has 1 atom stereocenters. The molecule has 2 saturated heterocycles. The molecule has 1 aromatic carbocycles. The third kappa shape index (κ3) is 2.82. The molecule has 4 rings (SSSR count). The lowest BCUT2D eigenvalue weighted by Crippen LogP contribution is -2.59. The Kier molecular flexibility index (Phi) is 4.50. The minimum atomic E-state index is -0.446. The zero-order valence-electron chi connectivity index (χ0n) is 15.8. The van der Waals surface area contributed by atoms with Crippen LogP contribution >= 0.6 is 0 Å². The number of ether oxygens (including phenoxy) is 2. The number of hydrogen-bond donors (Lipinski definition) is 1. The summed E-state index contributed by atoms with van der Waals surface area (Å²) >= 11 is 0. The number of amides is 1. The molecular weight excluding hydrogens is 330 g/mol. The molecule has 1 N–H and O–H groups in total. The van der Waals surface area contributed by atoms with E-state index in [2.05, 4.69) is 30.4 Å². The van der Waals surface area contributed by atoms with Crippen molar-refractivity contribution in [3.05, 3.63) is 35.0 Å². The van der Waals surface area contributed by atoms with Crippen molar-refractivity contribution in [3.63, 3.8) is 0 Å². The van der Waals surface area contributed by atoms with Crippen molar-refractivity contribution in [1.82, 2.24) is 14.8 Å². The highest BCUT2D eigenvalue weighted by atomic mass is 16.5. The highest BCUT2D eigenvalue weighted by Gasteiger charge is 2.40. The van der Waals surface area contributed by atoms with E-state index in [9.17, 15) is 4.79 Å². The van der Waals surface area contributed by atoms with Gasteiger partial charge < -0.3 is 24.3 Å². The third-order valence-electron chi connectivity index (χ3n) is 5.64. The summed E-state index contributed by atoms with van der Waals surface area (Å²) in [7, 11) is 1.99. The molecule has 1 unspecified atom stereocenters. The molecule has 1 spiro atoms. The maximum Gasteiger partial charge on any atom is 0.270 e. The van der Waals surface area contributed by atoms with Gasteiger partial charge in [-0.2, -0.15) is 0 Å². The zero-order valence-corrected chi connectivity index (χ0v) is 15.8. The Bertz CT molecular complexity index is 834. The fraction of sp³-hybridized carbons (Fsp3) is 0.550. The summed E-state index contributed by atoms with van der Waals surface area (Å²) in [4.78, 5) is 15.3. The van der Waals surface area contributed by atoms with E-state index in [-0.39, 0.29) is 5.91 Å². The number of benzene rings is 1. The number of hydrogen-bond acceptors (Lipinski definition) is 4. The highest BCUT2D eigenvalue weighted by molar-refractivity contribution is 6.02. The predicted octanol–water partition coefficient (Wildman–Crippen LogP) is 1.63. The second-order valence-corrected chi connectivity index (χ2v) is 7.49. The van der Waals surface area contributed by atoms with E-state index in [4.69, 9.17) is 9.47 Å². The maximum atomic E-state index is 13.4. The molecule has 0 aliphatic carbocycles. The van der Waals surface area contributed by atoms with Crippen LogP contribution in [0, 0.1) is 13.8 Å². The second kappa shape index (κ2) is 6.68. The standard InChI is InChI=1S/C20H27N3O3/c1-14-5-4-6-16-15(2)18(22(3)17(14)16)19(24)23-8-10-26-20(12-23)11-21-7-9-25-13-20/h4-6,21H,7-13H2,1-3H3. The van der Waals surface area contributed by atoms with Crippen molar-refractivity contribution in [2.75, 3.05) is 46.0 Å². The molecule has 1 aromatic heterocycles. The van der Waals surface area contributed by atoms with E-state index in [0.29, 0.717) is 39.5 Å². The van der Waals surface area contributed by atoms with Crippen molar-refractivity contribution in [2.45, 2.75) is 19.4 Å². The van der Waals surface area contributed by atoms with Crippen molar-refractivity contribution in [2.24, 2.45) is 7.05 Å². The highest BCUT2D eigenvalue weighted by Crippen LogP contribution is 2.29. The van der Waals surface area contributed by atoms with Gasteiger partial charge in [-0.1, -0.05) is 18.2 Å². The van der Waals surface area contributed by atoms with Crippen LogP contribution in [0.4, 0.5) is 0 Å². The van der Waals surface area contributed by atoms with Crippen LogP contribution < -0.4 is 5.32 Å². The summed E-state index contributed by atoms with van der Waals surface area (Å²) in [5.74, 6) is 0.0764. The number of nitrogens with one attached hydrogen (secondary N) is 1. The minimum absolute atomic E-state index is 0.0764. The van der Waals surface area contributed by atoms with Crippen LogP contribution in [0.3, 0.4) is 0 Å². The Morgan fingerprint density at radius 3 is 2.92 bits per heavy atom. The van der Waals surface area contributed by atoms with Crippen LogP contribution in [0.5, 0.6) is 0 Å². The number of para-hydroxylation sites is 1. The molecule has 1 amide bonds. The molecule has 0 bridgehead atoms. The van der Waals surface area contributed by atoms with Crippen LogP contribution in [-0.4, -0.2) is 67.0 Å². The lowest BCUT2D eigenvalue weighted by atomic mass is 10.0. The van der Waals surface area contributed by atoms with Gasteiger partial charge in [0.05, 0.1) is 31.9 Å². The molecule has 140 valence electrons. The average molecular weight is 357 g/mol. The Balaban J connectivity index is 1.67. The predicted molar refractivity (Wildman–Crippen MR) is 101 cm³/mol. The fourth-order valence-corrected chi connectivity index (χ4v) is 4.33. The van der Waals surface area contributed by atoms with E-state index in [0.717, 1.165) is 28.7 Å². The van der Waals surface area contributed by atoms with Gasteiger partial charge in [0.1, 0.15) is 11.3 Å². The van der Waals surface area contributed by atoms with Crippen molar-refractivity contribution in [3.8, 4) is 0 Å². The summed E-state index contributed by atoms with van der Waals surface area (Å²) in [5.41, 5.74) is 3.70. The summed E-state index contributed by atoms with van der Waals surface area (Å²) < 4.78 is 13.8. The topological polar surface area (TPSA) is 55.7 Å². The first kappa shape index (κ1) is 17.5. The quantitative estimate of drug-likeness (QED) is 0.843. The Labute approximate surface area is 154 Å². The molecule has 2 fully saturated rings. The average Bonchev–Trinajstić information content (AvgIpc) is 2.77. The largest absolute Gasteiger partial charge is 0.377 e. The number of rotatable bonds is 1. The Morgan fingerprint density at radius 2 is 2.12 bits per heavy atom. The van der Waals surface area contributed by atoms with Crippen LogP contribution in [0.2, 0.25) is 0 Å². The first-order valence-electron chi connectivity index (χ1n) is 9.29. The van der Waals surface area contributed by atoms with Crippen LogP contribution in [0.1, 0.15) is 21.6 Å². The summed E-state index contributed by atoms with van der Waals surface area (Å²) in [5, 5.41) is 4.52. The number of nitrogens with zero attached hydrogens (tertiary/aromatic N) is 2. The molecule has 2 aromatic rings. The summed E-state index contributed by atoms with van der Waals surface area (Å²) in [6.07, 6.45) is 0. The van der Waals surface area contributed by atoms with Gasteiger partial charge in [-0.25, -0.2) is 0 Å². The smallest absolute Gasteiger partial charge is 0.270 e. The fourth-order valence-electron chi connectivity index (χ4n) is 4.33. The van der Waals surface area contributed by atoms with Gasteiger partial charge in [0.25, 0.3) is 5.91 Å².